The van der Waals surface area contributed by atoms with Crippen LogP contribution in [0.5, 0.6) is 0 Å². The Morgan fingerprint density at radius 2 is 0.818 bits per heavy atom. The summed E-state index contributed by atoms with van der Waals surface area (Å²) in [6.07, 6.45) is 31.2. The molecule has 204 valence electrons. The van der Waals surface area contributed by atoms with Gasteiger partial charge in [0.15, 0.2) is 0 Å². The molecule has 0 aromatic rings. The number of unbranched alkanes of at least 4 members (excludes halogenated alkanes) is 15. The van der Waals surface area contributed by atoms with Gasteiger partial charge >= 0.3 is 10.4 Å². The second-order valence-corrected chi connectivity index (χ2v) is 12.8. The van der Waals surface area contributed by atoms with Crippen LogP contribution >= 0.6 is 7.92 Å². The largest absolute Gasteiger partial charge is 0.397 e. The van der Waals surface area contributed by atoms with Gasteiger partial charge in [-0.15, -0.1) is 7.92 Å². The Labute approximate surface area is 209 Å². The lowest BCUT2D eigenvalue weighted by Gasteiger charge is -2.18. The molecule has 0 atom stereocenters. The Kier molecular flexibility index (Phi) is 34.7. The normalized spacial score (nSPS) is 11.2. The first-order valence-electron chi connectivity index (χ1n) is 13.7. The van der Waals surface area contributed by atoms with E-state index < -0.39 is 10.4 Å². The minimum absolute atomic E-state index is 0. The number of hydrogen-bond donors (Lipinski definition) is 2. The van der Waals surface area contributed by atoms with Gasteiger partial charge in [-0.1, -0.05) is 117 Å². The van der Waals surface area contributed by atoms with Crippen LogP contribution < -0.4 is 6.15 Å². The summed E-state index contributed by atoms with van der Waals surface area (Å²) < 4.78 is 30.7. The topological polar surface area (TPSA) is 98.6 Å². The smallest absolute Gasteiger partial charge is 0.344 e. The molecule has 0 saturated heterocycles. The van der Waals surface area contributed by atoms with Gasteiger partial charge in [0.1, 0.15) is 0 Å². The summed E-state index contributed by atoms with van der Waals surface area (Å²) in [4.78, 5) is 0. The summed E-state index contributed by atoms with van der Waals surface area (Å²) in [6.45, 7) is 8.40. The van der Waals surface area contributed by atoms with Crippen LogP contribution in [0.4, 0.5) is 0 Å². The van der Waals surface area contributed by atoms with Crippen LogP contribution in [0.2, 0.25) is 0 Å². The molecule has 0 unspecified atom stereocenters. The number of hydrogen-bond acceptors (Lipinski definition) is 4. The first-order chi connectivity index (χ1) is 15.4. The average Bonchev–Trinajstić information content (AvgIpc) is 2.74. The van der Waals surface area contributed by atoms with Crippen molar-refractivity contribution in [3.63, 3.8) is 0 Å². The predicted octanol–water partition coefficient (Wildman–Crippen LogP) is 9.54. The monoisotopic (exact) mass is 513 g/mol. The molecule has 5 nitrogen and oxygen atoms in total. The molecule has 0 aliphatic rings. The van der Waals surface area contributed by atoms with Crippen LogP contribution in [0.25, 0.3) is 0 Å². The minimum atomic E-state index is -4.17. The van der Waals surface area contributed by atoms with E-state index in [1.165, 1.54) is 122 Å². The van der Waals surface area contributed by atoms with Crippen LogP contribution in [0.3, 0.4) is 0 Å². The van der Waals surface area contributed by atoms with E-state index >= 15 is 0 Å². The molecule has 0 saturated carbocycles. The first-order valence-corrected chi connectivity index (χ1v) is 17.0. The van der Waals surface area contributed by atoms with E-state index in [2.05, 4.69) is 25.0 Å². The molecule has 0 bridgehead atoms. The molecule has 0 aliphatic heterocycles. The molecule has 0 aromatic carbocycles. The summed E-state index contributed by atoms with van der Waals surface area (Å²) >= 11 is 0. The second kappa shape index (κ2) is 30.3. The van der Waals surface area contributed by atoms with Crippen molar-refractivity contribution in [1.82, 2.24) is 6.15 Å². The quantitative estimate of drug-likeness (QED) is 0.0805. The molecule has 0 spiro atoms. The highest BCUT2D eigenvalue weighted by Crippen LogP contribution is 2.39. The van der Waals surface area contributed by atoms with Crippen molar-refractivity contribution in [2.45, 2.75) is 143 Å². The Hall–Kier alpha value is 0.260. The summed E-state index contributed by atoms with van der Waals surface area (Å²) in [6, 6.07) is 0. The summed E-state index contributed by atoms with van der Waals surface area (Å²) in [5, 5.41) is 0. The molecular weight excluding hydrogens is 453 g/mol. The van der Waals surface area contributed by atoms with E-state index in [0.29, 0.717) is 7.92 Å². The van der Waals surface area contributed by atoms with Gasteiger partial charge in [-0.05, 0) is 44.7 Å². The van der Waals surface area contributed by atoms with Crippen molar-refractivity contribution in [2.24, 2.45) is 0 Å². The maximum Gasteiger partial charge on any atom is 0.397 e. The molecule has 0 aliphatic carbocycles. The maximum absolute atomic E-state index is 9.56. The van der Waals surface area contributed by atoms with Crippen molar-refractivity contribution in [1.29, 1.82) is 0 Å². The van der Waals surface area contributed by atoms with E-state index in [-0.39, 0.29) is 12.8 Å². The van der Waals surface area contributed by atoms with E-state index in [1.54, 1.807) is 18.5 Å². The fourth-order valence-electron chi connectivity index (χ4n) is 3.83. The lowest BCUT2D eigenvalue weighted by molar-refractivity contribution is 0.283. The molecule has 7 heteroatoms. The van der Waals surface area contributed by atoms with Crippen molar-refractivity contribution < 1.29 is 17.2 Å². The zero-order valence-corrected chi connectivity index (χ0v) is 24.5. The third-order valence-electron chi connectivity index (χ3n) is 5.75. The molecule has 4 N–H and O–H groups in total. The van der Waals surface area contributed by atoms with Crippen molar-refractivity contribution in [3.05, 3.63) is 0 Å². The molecule has 33 heavy (non-hydrogen) atoms. The van der Waals surface area contributed by atoms with Gasteiger partial charge in [0.2, 0.25) is 0 Å². The first kappa shape index (κ1) is 37.8. The summed E-state index contributed by atoms with van der Waals surface area (Å²) in [5.74, 6) is 0. The SMILES string of the molecule is CCCCCCCCP(CCCCCCCC)CCCCCCCC.CCOS(=O)(=O)O.N. The highest BCUT2D eigenvalue weighted by molar-refractivity contribution is 7.80. The Balaban J connectivity index is -0.000000969. The molecule has 0 radical (unpaired) electrons. The van der Waals surface area contributed by atoms with E-state index in [0.717, 1.165) is 0 Å². The molecule has 0 heterocycles. The number of rotatable bonds is 23. The van der Waals surface area contributed by atoms with Gasteiger partial charge in [0.05, 0.1) is 6.61 Å². The Bertz CT molecular complexity index is 412. The van der Waals surface area contributed by atoms with Gasteiger partial charge in [0, 0.05) is 0 Å². The fraction of sp³-hybridized carbons (Fsp3) is 1.00. The molecule has 0 rings (SSSR count). The zero-order valence-electron chi connectivity index (χ0n) is 22.8. The van der Waals surface area contributed by atoms with Gasteiger partial charge in [-0.2, -0.15) is 8.42 Å². The van der Waals surface area contributed by atoms with E-state index in [1.807, 2.05) is 0 Å². The van der Waals surface area contributed by atoms with E-state index in [4.69, 9.17) is 4.55 Å². The van der Waals surface area contributed by atoms with Crippen LogP contribution in [0.15, 0.2) is 0 Å². The van der Waals surface area contributed by atoms with Gasteiger partial charge in [-0.25, -0.2) is 4.18 Å². The molecule has 0 amide bonds. The lowest BCUT2D eigenvalue weighted by Crippen LogP contribution is -2.01. The fourth-order valence-corrected chi connectivity index (χ4v) is 6.81. The Morgan fingerprint density at radius 1 is 0.545 bits per heavy atom. The van der Waals surface area contributed by atoms with Crippen molar-refractivity contribution in [3.8, 4) is 0 Å². The van der Waals surface area contributed by atoms with Crippen LogP contribution in [-0.4, -0.2) is 38.1 Å². The van der Waals surface area contributed by atoms with Crippen molar-refractivity contribution in [2.75, 3.05) is 25.1 Å². The van der Waals surface area contributed by atoms with Crippen LogP contribution in [-0.2, 0) is 14.6 Å². The van der Waals surface area contributed by atoms with E-state index in [9.17, 15) is 8.42 Å². The average molecular weight is 514 g/mol. The third kappa shape index (κ3) is 37.0. The summed E-state index contributed by atoms with van der Waals surface area (Å²) in [5.41, 5.74) is 0. The molecular formula is C26H60NO4PS. The second-order valence-electron chi connectivity index (χ2n) is 8.98. The van der Waals surface area contributed by atoms with Gasteiger partial charge < -0.3 is 6.15 Å². The molecule has 0 fully saturated rings. The maximum atomic E-state index is 9.56. The van der Waals surface area contributed by atoms with Gasteiger partial charge in [0.25, 0.3) is 0 Å². The lowest BCUT2D eigenvalue weighted by atomic mass is 10.1. The van der Waals surface area contributed by atoms with Crippen molar-refractivity contribution >= 4 is 18.3 Å². The van der Waals surface area contributed by atoms with Crippen LogP contribution in [0, 0.1) is 0 Å². The Morgan fingerprint density at radius 3 is 1.03 bits per heavy atom. The molecule has 0 aromatic heterocycles. The highest BCUT2D eigenvalue weighted by atomic mass is 32.3. The zero-order chi connectivity index (χ0) is 24.3. The highest BCUT2D eigenvalue weighted by Gasteiger charge is 2.08. The predicted molar refractivity (Wildman–Crippen MR) is 150 cm³/mol. The van der Waals surface area contributed by atoms with Crippen LogP contribution in [0.1, 0.15) is 143 Å². The van der Waals surface area contributed by atoms with Gasteiger partial charge in [-0.3, -0.25) is 4.55 Å². The summed E-state index contributed by atoms with van der Waals surface area (Å²) in [7, 11) is -3.81. The standard InChI is InChI=1S/C24H51P.C2H6O4S.H3N/c1-4-7-10-13-16-19-22-25(23-20-17-14-11-8-5-2)24-21-18-15-12-9-6-3;1-2-6-7(3,4)5;/h4-24H2,1-3H3;2H2,1H3,(H,3,4,5);1H3. The minimum Gasteiger partial charge on any atom is -0.344 e. The third-order valence-corrected chi connectivity index (χ3v) is 9.13.